The number of benzene rings is 1. The molecule has 1 aromatic rings. The van der Waals surface area contributed by atoms with Crippen LogP contribution in [0.1, 0.15) is 63.9 Å². The van der Waals surface area contributed by atoms with Crippen LogP contribution in [0.3, 0.4) is 0 Å². The molecule has 2 rings (SSSR count). The van der Waals surface area contributed by atoms with Crippen molar-refractivity contribution < 1.29 is 9.53 Å². The van der Waals surface area contributed by atoms with Crippen molar-refractivity contribution in [1.29, 1.82) is 0 Å². The average molecular weight is 312 g/mol. The Morgan fingerprint density at radius 3 is 2.43 bits per heavy atom. The molecule has 1 fully saturated rings. The number of ether oxygens (including phenoxy) is 1. The van der Waals surface area contributed by atoms with E-state index in [1.165, 1.54) is 50.2 Å². The van der Waals surface area contributed by atoms with Crippen molar-refractivity contribution in [3.63, 3.8) is 0 Å². The van der Waals surface area contributed by atoms with Gasteiger partial charge in [0.25, 0.3) is 0 Å². The summed E-state index contributed by atoms with van der Waals surface area (Å²) in [5, 5.41) is 0. The summed E-state index contributed by atoms with van der Waals surface area (Å²) >= 11 is 0. The zero-order chi connectivity index (χ0) is 16.5. The zero-order valence-electron chi connectivity index (χ0n) is 14.3. The lowest BCUT2D eigenvalue weighted by Crippen LogP contribution is -2.13. The minimum absolute atomic E-state index is 0.337. The van der Waals surface area contributed by atoms with E-state index in [1.54, 1.807) is 12.2 Å². The highest BCUT2D eigenvalue weighted by Crippen LogP contribution is 2.37. The van der Waals surface area contributed by atoms with Gasteiger partial charge in [0.15, 0.2) is 0 Å². The van der Waals surface area contributed by atoms with Gasteiger partial charge in [-0.3, -0.25) is 0 Å². The third kappa shape index (κ3) is 5.70. The second kappa shape index (κ2) is 9.34. The molecule has 0 N–H and O–H groups in total. The summed E-state index contributed by atoms with van der Waals surface area (Å²) in [6, 6.07) is 8.05. The van der Waals surface area contributed by atoms with Gasteiger partial charge < -0.3 is 4.74 Å². The molecule has 0 spiro atoms. The number of carbonyl (C=O) groups is 1. The second-order valence-electron chi connectivity index (χ2n) is 6.38. The summed E-state index contributed by atoms with van der Waals surface area (Å²) in [6.45, 7) is 4.18. The topological polar surface area (TPSA) is 26.3 Å². The van der Waals surface area contributed by atoms with Crippen LogP contribution < -0.4 is 4.74 Å². The lowest BCUT2D eigenvalue weighted by Gasteiger charge is -2.28. The molecule has 0 aliphatic heterocycles. The van der Waals surface area contributed by atoms with Crippen LogP contribution in [-0.2, 0) is 4.79 Å². The number of hydrogen-bond acceptors (Lipinski definition) is 2. The lowest BCUT2D eigenvalue weighted by atomic mass is 9.77. The second-order valence-corrected chi connectivity index (χ2v) is 6.38. The minimum Gasteiger partial charge on any atom is -0.423 e. The minimum atomic E-state index is -0.337. The van der Waals surface area contributed by atoms with Crippen LogP contribution >= 0.6 is 0 Å². The molecule has 0 aromatic heterocycles. The van der Waals surface area contributed by atoms with Gasteiger partial charge in [0, 0.05) is 6.08 Å². The van der Waals surface area contributed by atoms with Crippen molar-refractivity contribution in [3.05, 3.63) is 54.1 Å². The van der Waals surface area contributed by atoms with E-state index in [0.29, 0.717) is 11.7 Å². The van der Waals surface area contributed by atoms with Crippen LogP contribution in [-0.4, -0.2) is 5.97 Å². The summed E-state index contributed by atoms with van der Waals surface area (Å²) < 4.78 is 5.29. The van der Waals surface area contributed by atoms with Crippen LogP contribution in [0, 0.1) is 5.92 Å². The monoisotopic (exact) mass is 312 g/mol. The molecule has 1 aromatic carbocycles. The first kappa shape index (κ1) is 17.5. The van der Waals surface area contributed by atoms with Crippen molar-refractivity contribution in [2.45, 2.75) is 58.3 Å². The van der Waals surface area contributed by atoms with Crippen LogP contribution in [0.2, 0.25) is 0 Å². The fourth-order valence-corrected chi connectivity index (χ4v) is 3.40. The van der Waals surface area contributed by atoms with Gasteiger partial charge >= 0.3 is 5.97 Å². The lowest BCUT2D eigenvalue weighted by molar-refractivity contribution is -0.128. The third-order valence-electron chi connectivity index (χ3n) is 4.65. The highest BCUT2D eigenvalue weighted by Gasteiger charge is 2.21. The molecule has 0 unspecified atom stereocenters. The van der Waals surface area contributed by atoms with Crippen molar-refractivity contribution in [3.8, 4) is 5.75 Å². The van der Waals surface area contributed by atoms with E-state index in [0.717, 1.165) is 5.92 Å². The van der Waals surface area contributed by atoms with E-state index in [2.05, 4.69) is 19.1 Å². The number of carbonyl (C=O) groups excluding carboxylic acids is 1. The van der Waals surface area contributed by atoms with Crippen LogP contribution in [0.5, 0.6) is 5.75 Å². The highest BCUT2D eigenvalue weighted by atomic mass is 16.5. The first-order valence-electron chi connectivity index (χ1n) is 8.84. The van der Waals surface area contributed by atoms with Gasteiger partial charge in [0.05, 0.1) is 0 Å². The molecule has 0 heterocycles. The summed E-state index contributed by atoms with van der Waals surface area (Å²) in [4.78, 5) is 11.6. The number of rotatable bonds is 6. The molecule has 0 saturated heterocycles. The Kier molecular flexibility index (Phi) is 7.12. The molecule has 1 aliphatic carbocycles. The molecule has 124 valence electrons. The predicted octanol–water partition coefficient (Wildman–Crippen LogP) is 5.80. The molecule has 2 nitrogen and oxygen atoms in total. The van der Waals surface area contributed by atoms with Crippen LogP contribution in [0.15, 0.2) is 48.6 Å². The zero-order valence-corrected chi connectivity index (χ0v) is 14.3. The van der Waals surface area contributed by atoms with E-state index in [9.17, 15) is 4.79 Å². The summed E-state index contributed by atoms with van der Waals surface area (Å²) in [5.41, 5.74) is 1.38. The normalized spacial score (nSPS) is 21.8. The van der Waals surface area contributed by atoms with Gasteiger partial charge in [-0.2, -0.15) is 0 Å². The largest absolute Gasteiger partial charge is 0.423 e. The first-order chi connectivity index (χ1) is 11.2. The molecular weight excluding hydrogens is 284 g/mol. The van der Waals surface area contributed by atoms with Crippen molar-refractivity contribution in [2.24, 2.45) is 5.92 Å². The van der Waals surface area contributed by atoms with Crippen LogP contribution in [0.25, 0.3) is 0 Å². The SMILES string of the molecule is CC=CC=CC(=O)Oc1ccc(C2CCC(CCC)CC2)cc1. The first-order valence-corrected chi connectivity index (χ1v) is 8.84. The Morgan fingerprint density at radius 1 is 1.13 bits per heavy atom. The molecule has 2 heteroatoms. The number of hydrogen-bond donors (Lipinski definition) is 0. The third-order valence-corrected chi connectivity index (χ3v) is 4.65. The van der Waals surface area contributed by atoms with Crippen molar-refractivity contribution in [1.82, 2.24) is 0 Å². The van der Waals surface area contributed by atoms with E-state index >= 15 is 0 Å². The Hall–Kier alpha value is -1.83. The van der Waals surface area contributed by atoms with Crippen LogP contribution in [0.4, 0.5) is 0 Å². The average Bonchev–Trinajstić information content (AvgIpc) is 2.57. The van der Waals surface area contributed by atoms with Gasteiger partial charge in [-0.15, -0.1) is 0 Å². The maximum atomic E-state index is 11.6. The Labute approximate surface area is 140 Å². The predicted molar refractivity (Wildman–Crippen MR) is 95.6 cm³/mol. The number of allylic oxidation sites excluding steroid dienone is 3. The summed E-state index contributed by atoms with van der Waals surface area (Å²) in [5.74, 6) is 1.88. The molecule has 0 atom stereocenters. The van der Waals surface area contributed by atoms with Gasteiger partial charge in [0.1, 0.15) is 5.75 Å². The van der Waals surface area contributed by atoms with Gasteiger partial charge in [-0.1, -0.05) is 50.1 Å². The molecule has 1 saturated carbocycles. The van der Waals surface area contributed by atoms with Gasteiger partial charge in [-0.25, -0.2) is 4.79 Å². The van der Waals surface area contributed by atoms with Crippen molar-refractivity contribution in [2.75, 3.05) is 0 Å². The maximum Gasteiger partial charge on any atom is 0.336 e. The molecule has 0 amide bonds. The highest BCUT2D eigenvalue weighted by molar-refractivity contribution is 5.84. The molecule has 1 aliphatic rings. The Bertz CT molecular complexity index is 531. The summed E-state index contributed by atoms with van der Waals surface area (Å²) in [6.07, 6.45) is 14.8. The number of esters is 1. The van der Waals surface area contributed by atoms with Gasteiger partial charge in [-0.05, 0) is 62.1 Å². The standard InChI is InChI=1S/C21H28O2/c1-3-5-6-8-21(22)23-20-15-13-19(14-16-20)18-11-9-17(7-4-2)10-12-18/h3,5-6,8,13-18H,4,7,9-12H2,1-2H3. The van der Waals surface area contributed by atoms with Crippen molar-refractivity contribution >= 4 is 5.97 Å². The van der Waals surface area contributed by atoms with E-state index in [-0.39, 0.29) is 5.97 Å². The molecule has 0 radical (unpaired) electrons. The molecule has 23 heavy (non-hydrogen) atoms. The van der Waals surface area contributed by atoms with E-state index in [1.807, 2.05) is 25.1 Å². The van der Waals surface area contributed by atoms with E-state index in [4.69, 9.17) is 4.74 Å². The van der Waals surface area contributed by atoms with Gasteiger partial charge in [0.2, 0.25) is 0 Å². The smallest absolute Gasteiger partial charge is 0.336 e. The quantitative estimate of drug-likeness (QED) is 0.287. The maximum absolute atomic E-state index is 11.6. The Morgan fingerprint density at radius 2 is 1.83 bits per heavy atom. The Balaban J connectivity index is 1.86. The summed E-state index contributed by atoms with van der Waals surface area (Å²) in [7, 11) is 0. The van der Waals surface area contributed by atoms with E-state index < -0.39 is 0 Å². The fraction of sp³-hybridized carbons (Fsp3) is 0.476. The molecular formula is C21H28O2. The molecule has 0 bridgehead atoms. The fourth-order valence-electron chi connectivity index (χ4n) is 3.40.